The predicted molar refractivity (Wildman–Crippen MR) is 240 cm³/mol. The van der Waals surface area contributed by atoms with Crippen molar-refractivity contribution in [2.24, 2.45) is 0 Å². The summed E-state index contributed by atoms with van der Waals surface area (Å²) < 4.78 is 2.43. The van der Waals surface area contributed by atoms with Crippen LogP contribution in [-0.4, -0.2) is 14.5 Å². The van der Waals surface area contributed by atoms with Gasteiger partial charge in [0.1, 0.15) is 0 Å². The first-order valence-electron chi connectivity index (χ1n) is 19.5. The van der Waals surface area contributed by atoms with Gasteiger partial charge in [0.05, 0.1) is 27.8 Å². The van der Waals surface area contributed by atoms with E-state index in [2.05, 4.69) is 193 Å². The van der Waals surface area contributed by atoms with Crippen LogP contribution < -0.4 is 0 Å². The molecule has 0 fully saturated rings. The lowest BCUT2D eigenvalue weighted by Crippen LogP contribution is -1.96. The van der Waals surface area contributed by atoms with Crippen LogP contribution in [0.2, 0.25) is 0 Å². The molecule has 12 rings (SSSR count). The van der Waals surface area contributed by atoms with Crippen LogP contribution >= 0.6 is 0 Å². The molecule has 3 nitrogen and oxygen atoms in total. The summed E-state index contributed by atoms with van der Waals surface area (Å²) >= 11 is 0. The van der Waals surface area contributed by atoms with Gasteiger partial charge in [-0.25, -0.2) is 0 Å². The Morgan fingerprint density at radius 2 is 0.772 bits per heavy atom. The quantitative estimate of drug-likeness (QED) is 0.169. The third-order valence-electron chi connectivity index (χ3n) is 11.9. The van der Waals surface area contributed by atoms with Gasteiger partial charge in [0.25, 0.3) is 0 Å². The predicted octanol–water partition coefficient (Wildman–Crippen LogP) is 14.3. The van der Waals surface area contributed by atoms with Crippen LogP contribution in [0, 0.1) is 0 Å². The highest BCUT2D eigenvalue weighted by Crippen LogP contribution is 2.42. The summed E-state index contributed by atoms with van der Waals surface area (Å²) in [7, 11) is 0. The van der Waals surface area contributed by atoms with Gasteiger partial charge in [0, 0.05) is 39.3 Å². The van der Waals surface area contributed by atoms with Crippen molar-refractivity contribution in [1.82, 2.24) is 14.5 Å². The molecule has 264 valence electrons. The standard InChI is InChI=1S/C54H33N3/c1-3-16-45-41(14-1)43(28-29-52(45)57-50-24-7-5-17-46(50)47-18-6-8-25-51(47)57)40-23-11-21-38-37(20-10-22-39(38)40)36-13-9-12-34(32-36)35-26-27-44-42-15-2-4-19-48(42)53-54(49(44)33-35)56-31-30-55-53/h1-33H. The molecular formula is C54H33N3. The summed E-state index contributed by atoms with van der Waals surface area (Å²) in [5, 5.41) is 12.1. The van der Waals surface area contributed by atoms with Crippen LogP contribution in [0.3, 0.4) is 0 Å². The SMILES string of the molecule is c1cc(-c2ccc3c4ccccc4c4nccnc4c3c2)cc(-c2cccc3c(-c4ccc(-n5c6ccccc6c6ccccc65)c5ccccc45)cccc23)c1. The zero-order chi connectivity index (χ0) is 37.5. The van der Waals surface area contributed by atoms with E-state index in [0.717, 1.165) is 27.4 Å². The first-order valence-corrected chi connectivity index (χ1v) is 19.5. The second-order valence-corrected chi connectivity index (χ2v) is 14.9. The lowest BCUT2D eigenvalue weighted by molar-refractivity contribution is 1.20. The normalized spacial score (nSPS) is 11.9. The van der Waals surface area contributed by atoms with E-state index in [1.165, 1.54) is 87.6 Å². The zero-order valence-corrected chi connectivity index (χ0v) is 30.9. The first kappa shape index (κ1) is 31.7. The molecule has 0 atom stereocenters. The van der Waals surface area contributed by atoms with Crippen molar-refractivity contribution >= 4 is 75.9 Å². The van der Waals surface area contributed by atoms with Crippen LogP contribution in [0.1, 0.15) is 0 Å². The Balaban J connectivity index is 1.00. The van der Waals surface area contributed by atoms with Gasteiger partial charge in [-0.2, -0.15) is 0 Å². The molecule has 12 aromatic rings. The van der Waals surface area contributed by atoms with Gasteiger partial charge in [-0.3, -0.25) is 9.97 Å². The maximum absolute atomic E-state index is 4.82. The Bertz CT molecular complexity index is 3510. The van der Waals surface area contributed by atoms with Crippen molar-refractivity contribution in [3.05, 3.63) is 200 Å². The molecule has 0 saturated heterocycles. The maximum Gasteiger partial charge on any atom is 0.0971 e. The van der Waals surface area contributed by atoms with E-state index in [1.807, 2.05) is 0 Å². The summed E-state index contributed by atoms with van der Waals surface area (Å²) in [5.74, 6) is 0. The van der Waals surface area contributed by atoms with Crippen LogP contribution in [-0.2, 0) is 0 Å². The number of hydrogen-bond acceptors (Lipinski definition) is 2. The smallest absolute Gasteiger partial charge is 0.0971 e. The monoisotopic (exact) mass is 723 g/mol. The highest BCUT2D eigenvalue weighted by Gasteiger charge is 2.18. The van der Waals surface area contributed by atoms with E-state index in [4.69, 9.17) is 9.97 Å². The van der Waals surface area contributed by atoms with Gasteiger partial charge in [0.2, 0.25) is 0 Å². The van der Waals surface area contributed by atoms with Crippen molar-refractivity contribution in [3.8, 4) is 39.1 Å². The second kappa shape index (κ2) is 12.5. The lowest BCUT2D eigenvalue weighted by Gasteiger charge is -2.17. The van der Waals surface area contributed by atoms with E-state index in [9.17, 15) is 0 Å². The molecule has 0 saturated carbocycles. The van der Waals surface area contributed by atoms with E-state index < -0.39 is 0 Å². The molecule has 0 aliphatic heterocycles. The third kappa shape index (κ3) is 4.79. The summed E-state index contributed by atoms with van der Waals surface area (Å²) in [6.07, 6.45) is 3.58. The molecule has 0 amide bonds. The highest BCUT2D eigenvalue weighted by atomic mass is 15.0. The van der Waals surface area contributed by atoms with E-state index in [1.54, 1.807) is 12.4 Å². The molecule has 0 aliphatic carbocycles. The minimum absolute atomic E-state index is 0.932. The van der Waals surface area contributed by atoms with Gasteiger partial charge in [0.15, 0.2) is 0 Å². The molecular weight excluding hydrogens is 691 g/mol. The first-order chi connectivity index (χ1) is 28.3. The zero-order valence-electron chi connectivity index (χ0n) is 30.9. The molecule has 3 heteroatoms. The minimum atomic E-state index is 0.932. The number of rotatable bonds is 4. The molecule has 0 aliphatic rings. The fraction of sp³-hybridized carbons (Fsp3) is 0. The fourth-order valence-electron chi connectivity index (χ4n) is 9.37. The lowest BCUT2D eigenvalue weighted by atomic mass is 9.89. The number of hydrogen-bond donors (Lipinski definition) is 0. The molecule has 57 heavy (non-hydrogen) atoms. The van der Waals surface area contributed by atoms with Gasteiger partial charge in [-0.05, 0) is 90.6 Å². The molecule has 2 aromatic heterocycles. The van der Waals surface area contributed by atoms with Gasteiger partial charge >= 0.3 is 0 Å². The van der Waals surface area contributed by atoms with E-state index >= 15 is 0 Å². The average molecular weight is 724 g/mol. The highest BCUT2D eigenvalue weighted by molar-refractivity contribution is 6.23. The summed E-state index contributed by atoms with van der Waals surface area (Å²) in [5.41, 5.74) is 12.7. The average Bonchev–Trinajstić information content (AvgIpc) is 3.62. The van der Waals surface area contributed by atoms with Gasteiger partial charge in [-0.1, -0.05) is 158 Å². The Hall–Kier alpha value is -7.62. The minimum Gasteiger partial charge on any atom is -0.309 e. The van der Waals surface area contributed by atoms with Crippen molar-refractivity contribution in [1.29, 1.82) is 0 Å². The van der Waals surface area contributed by atoms with Crippen molar-refractivity contribution < 1.29 is 0 Å². The molecule has 0 radical (unpaired) electrons. The van der Waals surface area contributed by atoms with Crippen molar-refractivity contribution in [2.75, 3.05) is 0 Å². The Labute approximate surface area is 328 Å². The van der Waals surface area contributed by atoms with Gasteiger partial charge in [-0.15, -0.1) is 0 Å². The largest absolute Gasteiger partial charge is 0.309 e. The van der Waals surface area contributed by atoms with Gasteiger partial charge < -0.3 is 4.57 Å². The van der Waals surface area contributed by atoms with Crippen LogP contribution in [0.4, 0.5) is 0 Å². The number of para-hydroxylation sites is 2. The number of nitrogens with zero attached hydrogens (tertiary/aromatic N) is 3. The third-order valence-corrected chi connectivity index (χ3v) is 11.9. The molecule has 0 N–H and O–H groups in total. The summed E-state index contributed by atoms with van der Waals surface area (Å²) in [6.45, 7) is 0. The number of fused-ring (bicyclic) bond motifs is 11. The topological polar surface area (TPSA) is 30.7 Å². The van der Waals surface area contributed by atoms with E-state index in [0.29, 0.717) is 0 Å². The maximum atomic E-state index is 4.82. The van der Waals surface area contributed by atoms with Crippen LogP contribution in [0.5, 0.6) is 0 Å². The molecule has 0 spiro atoms. The van der Waals surface area contributed by atoms with Crippen molar-refractivity contribution in [3.63, 3.8) is 0 Å². The van der Waals surface area contributed by atoms with E-state index in [-0.39, 0.29) is 0 Å². The second-order valence-electron chi connectivity index (χ2n) is 14.9. The Morgan fingerprint density at radius 3 is 1.53 bits per heavy atom. The number of benzene rings is 10. The Morgan fingerprint density at radius 1 is 0.281 bits per heavy atom. The molecule has 0 unspecified atom stereocenters. The molecule has 10 aromatic carbocycles. The van der Waals surface area contributed by atoms with Crippen LogP contribution in [0.15, 0.2) is 200 Å². The Kier molecular flexibility index (Phi) is 6.93. The molecule has 0 bridgehead atoms. The van der Waals surface area contributed by atoms with Crippen LogP contribution in [0.25, 0.3) is 115 Å². The van der Waals surface area contributed by atoms with Crippen molar-refractivity contribution in [2.45, 2.75) is 0 Å². The fourth-order valence-corrected chi connectivity index (χ4v) is 9.37. The number of aromatic nitrogens is 3. The summed E-state index contributed by atoms with van der Waals surface area (Å²) in [6, 6.07) is 68.6. The molecule has 2 heterocycles. The summed E-state index contributed by atoms with van der Waals surface area (Å²) in [4.78, 5) is 9.59.